The summed E-state index contributed by atoms with van der Waals surface area (Å²) in [5.74, 6) is 0. The van der Waals surface area contributed by atoms with E-state index < -0.39 is 0 Å². The van der Waals surface area contributed by atoms with Crippen LogP contribution < -0.4 is 4.90 Å². The smallest absolute Gasteiger partial charge is 0.0540 e. The summed E-state index contributed by atoms with van der Waals surface area (Å²) >= 11 is 0. The summed E-state index contributed by atoms with van der Waals surface area (Å²) in [6, 6.07) is 89.9. The van der Waals surface area contributed by atoms with E-state index in [0.29, 0.717) is 0 Å². The summed E-state index contributed by atoms with van der Waals surface area (Å²) < 4.78 is 0. The lowest BCUT2D eigenvalue weighted by Gasteiger charge is -2.29. The molecule has 0 spiro atoms. The minimum Gasteiger partial charge on any atom is -0.310 e. The van der Waals surface area contributed by atoms with Gasteiger partial charge in [0.05, 0.1) is 5.69 Å². The molecule has 0 aliphatic rings. The zero-order chi connectivity index (χ0) is 39.4. The van der Waals surface area contributed by atoms with E-state index in [1.54, 1.807) is 0 Å². The van der Waals surface area contributed by atoms with Gasteiger partial charge in [-0.15, -0.1) is 0 Å². The Labute approximate surface area is 346 Å². The average molecular weight is 752 g/mol. The van der Waals surface area contributed by atoms with E-state index in [0.717, 1.165) is 22.6 Å². The van der Waals surface area contributed by atoms with Crippen molar-refractivity contribution in [2.45, 2.75) is 0 Å². The molecule has 0 aliphatic heterocycles. The second kappa shape index (κ2) is 16.0. The molecule has 0 amide bonds. The van der Waals surface area contributed by atoms with Crippen LogP contribution in [0.15, 0.2) is 249 Å². The molecule has 0 fully saturated rings. The Bertz CT molecular complexity index is 3000. The first-order valence-corrected chi connectivity index (χ1v) is 20.3. The highest BCUT2D eigenvalue weighted by molar-refractivity contribution is 5.99. The van der Waals surface area contributed by atoms with Crippen LogP contribution in [0.2, 0.25) is 0 Å². The van der Waals surface area contributed by atoms with Gasteiger partial charge in [-0.1, -0.05) is 206 Å². The molecule has 0 aliphatic carbocycles. The SMILES string of the molecule is c1ccc(-c2ccc(N(c3ccc(-c4ccc5ccccc5c4)cc3)c3ccccc3-c3cc(-c4ccccc4)ccc3-c3ccccc3-c3ccccc3)cc2)cc1. The molecule has 0 radical (unpaired) electrons. The Balaban J connectivity index is 1.16. The van der Waals surface area contributed by atoms with Crippen LogP contribution in [0, 0.1) is 0 Å². The second-order valence-electron chi connectivity index (χ2n) is 14.9. The normalized spacial score (nSPS) is 11.1. The van der Waals surface area contributed by atoms with Gasteiger partial charge in [0, 0.05) is 16.9 Å². The Kier molecular flexibility index (Phi) is 9.68. The molecule has 10 rings (SSSR count). The van der Waals surface area contributed by atoms with Gasteiger partial charge in [-0.05, 0) is 114 Å². The van der Waals surface area contributed by atoms with E-state index >= 15 is 0 Å². The van der Waals surface area contributed by atoms with Crippen LogP contribution in [0.3, 0.4) is 0 Å². The Morgan fingerprint density at radius 1 is 0.203 bits per heavy atom. The molecule has 0 saturated heterocycles. The van der Waals surface area contributed by atoms with Gasteiger partial charge in [-0.2, -0.15) is 0 Å². The molecule has 1 heteroatoms. The molecule has 10 aromatic carbocycles. The maximum absolute atomic E-state index is 2.41. The first-order valence-electron chi connectivity index (χ1n) is 20.3. The van der Waals surface area contributed by atoms with E-state index in [9.17, 15) is 0 Å². The molecule has 0 unspecified atom stereocenters. The summed E-state index contributed by atoms with van der Waals surface area (Å²) in [6.45, 7) is 0. The maximum Gasteiger partial charge on any atom is 0.0540 e. The number of benzene rings is 10. The Morgan fingerprint density at radius 3 is 1.25 bits per heavy atom. The predicted octanol–water partition coefficient (Wildman–Crippen LogP) is 16.3. The molecule has 0 heterocycles. The monoisotopic (exact) mass is 751 g/mol. The zero-order valence-corrected chi connectivity index (χ0v) is 32.6. The van der Waals surface area contributed by atoms with Crippen molar-refractivity contribution in [1.29, 1.82) is 0 Å². The first kappa shape index (κ1) is 35.7. The fourth-order valence-corrected chi connectivity index (χ4v) is 8.33. The minimum atomic E-state index is 1.08. The molecule has 0 aromatic heterocycles. The minimum absolute atomic E-state index is 1.08. The quantitative estimate of drug-likeness (QED) is 0.142. The zero-order valence-electron chi connectivity index (χ0n) is 32.6. The maximum atomic E-state index is 2.41. The van der Waals surface area contributed by atoms with Crippen LogP contribution in [0.4, 0.5) is 17.1 Å². The number of fused-ring (bicyclic) bond motifs is 1. The van der Waals surface area contributed by atoms with Gasteiger partial charge in [0.1, 0.15) is 0 Å². The van der Waals surface area contributed by atoms with E-state index in [4.69, 9.17) is 0 Å². The van der Waals surface area contributed by atoms with Gasteiger partial charge in [-0.25, -0.2) is 0 Å². The van der Waals surface area contributed by atoms with Gasteiger partial charge < -0.3 is 4.90 Å². The van der Waals surface area contributed by atoms with Gasteiger partial charge in [0.2, 0.25) is 0 Å². The van der Waals surface area contributed by atoms with E-state index in [1.165, 1.54) is 72.0 Å². The van der Waals surface area contributed by atoms with Crippen LogP contribution in [-0.2, 0) is 0 Å². The highest BCUT2D eigenvalue weighted by atomic mass is 15.1. The number of hydrogen-bond acceptors (Lipinski definition) is 1. The third-order valence-electron chi connectivity index (χ3n) is 11.3. The van der Waals surface area contributed by atoms with Gasteiger partial charge >= 0.3 is 0 Å². The van der Waals surface area contributed by atoms with Crippen molar-refractivity contribution in [2.24, 2.45) is 0 Å². The van der Waals surface area contributed by atoms with E-state index in [-0.39, 0.29) is 0 Å². The molecule has 0 atom stereocenters. The fraction of sp³-hybridized carbons (Fsp3) is 0. The summed E-state index contributed by atoms with van der Waals surface area (Å²) in [4.78, 5) is 2.41. The lowest BCUT2D eigenvalue weighted by Crippen LogP contribution is -2.11. The van der Waals surface area contributed by atoms with Crippen molar-refractivity contribution in [2.75, 3.05) is 4.90 Å². The van der Waals surface area contributed by atoms with Gasteiger partial charge in [0.15, 0.2) is 0 Å². The lowest BCUT2D eigenvalue weighted by molar-refractivity contribution is 1.28. The number of rotatable bonds is 9. The van der Waals surface area contributed by atoms with Crippen molar-refractivity contribution < 1.29 is 0 Å². The summed E-state index contributed by atoms with van der Waals surface area (Å²) in [5.41, 5.74) is 17.5. The standard InChI is InChI=1S/C58H41N/c1-4-16-42(17-5-1)45-30-35-51(36-31-45)59(52-37-32-46(33-38-52)49-29-28-44-20-10-11-23-48(44)40-49)58-27-15-14-26-56(58)57-41-50(43-18-6-2-7-19-43)34-39-55(57)54-25-13-12-24-53(54)47-21-8-3-9-22-47/h1-41H. The molecular weight excluding hydrogens is 711 g/mol. The van der Waals surface area contributed by atoms with Crippen molar-refractivity contribution in [3.63, 3.8) is 0 Å². The highest BCUT2D eigenvalue weighted by Gasteiger charge is 2.21. The van der Waals surface area contributed by atoms with Crippen molar-refractivity contribution in [3.8, 4) is 66.8 Å². The lowest BCUT2D eigenvalue weighted by atomic mass is 9.86. The third-order valence-corrected chi connectivity index (χ3v) is 11.3. The highest BCUT2D eigenvalue weighted by Crippen LogP contribution is 2.47. The van der Waals surface area contributed by atoms with Crippen molar-refractivity contribution in [3.05, 3.63) is 249 Å². The number of hydrogen-bond donors (Lipinski definition) is 0. The van der Waals surface area contributed by atoms with Gasteiger partial charge in [0.25, 0.3) is 0 Å². The van der Waals surface area contributed by atoms with Crippen LogP contribution in [0.25, 0.3) is 77.5 Å². The second-order valence-corrected chi connectivity index (χ2v) is 14.9. The van der Waals surface area contributed by atoms with Gasteiger partial charge in [-0.3, -0.25) is 0 Å². The Morgan fingerprint density at radius 2 is 0.610 bits per heavy atom. The molecule has 59 heavy (non-hydrogen) atoms. The largest absolute Gasteiger partial charge is 0.310 e. The summed E-state index contributed by atoms with van der Waals surface area (Å²) in [5, 5.41) is 2.49. The molecule has 278 valence electrons. The third kappa shape index (κ3) is 7.23. The summed E-state index contributed by atoms with van der Waals surface area (Å²) in [6.07, 6.45) is 0. The van der Waals surface area contributed by atoms with Crippen LogP contribution in [0.1, 0.15) is 0 Å². The first-order chi connectivity index (χ1) is 29.3. The topological polar surface area (TPSA) is 3.24 Å². The van der Waals surface area contributed by atoms with Crippen LogP contribution >= 0.6 is 0 Å². The van der Waals surface area contributed by atoms with Crippen molar-refractivity contribution >= 4 is 27.8 Å². The predicted molar refractivity (Wildman–Crippen MR) is 251 cm³/mol. The molecule has 0 N–H and O–H groups in total. The molecule has 1 nitrogen and oxygen atoms in total. The number of anilines is 3. The fourth-order valence-electron chi connectivity index (χ4n) is 8.33. The van der Waals surface area contributed by atoms with Crippen LogP contribution in [-0.4, -0.2) is 0 Å². The number of nitrogens with zero attached hydrogens (tertiary/aromatic N) is 1. The average Bonchev–Trinajstić information content (AvgIpc) is 3.33. The van der Waals surface area contributed by atoms with E-state index in [2.05, 4.69) is 254 Å². The Hall–Kier alpha value is -7.74. The van der Waals surface area contributed by atoms with Crippen molar-refractivity contribution in [1.82, 2.24) is 0 Å². The number of para-hydroxylation sites is 1. The molecular formula is C58H41N. The molecule has 0 bridgehead atoms. The van der Waals surface area contributed by atoms with E-state index in [1.807, 2.05) is 0 Å². The molecule has 0 saturated carbocycles. The summed E-state index contributed by atoms with van der Waals surface area (Å²) in [7, 11) is 0. The van der Waals surface area contributed by atoms with Crippen LogP contribution in [0.5, 0.6) is 0 Å². The molecule has 10 aromatic rings.